The van der Waals surface area contributed by atoms with Crippen LogP contribution in [0.5, 0.6) is 5.75 Å². The third kappa shape index (κ3) is 4.09. The summed E-state index contributed by atoms with van der Waals surface area (Å²) in [5, 5.41) is -0.361. The molecule has 0 bridgehead atoms. The van der Waals surface area contributed by atoms with Crippen LogP contribution in [0.1, 0.15) is 16.8 Å². The minimum absolute atomic E-state index is 0.00323. The van der Waals surface area contributed by atoms with Crippen LogP contribution in [-0.4, -0.2) is 18.0 Å². The second-order valence-electron chi connectivity index (χ2n) is 3.03. The summed E-state index contributed by atoms with van der Waals surface area (Å²) in [6.45, 7) is 0. The minimum Gasteiger partial charge on any atom is -0.404 e. The van der Waals surface area contributed by atoms with Crippen LogP contribution in [0.2, 0.25) is 5.02 Å². The standard InChI is InChI=1S/C10H7Cl2F3O2/c11-5-4-7(16)6-2-1-3-8(9(6)12)17-10(13,14)15/h1-3H,4-5H2. The summed E-state index contributed by atoms with van der Waals surface area (Å²) < 4.78 is 39.7. The summed E-state index contributed by atoms with van der Waals surface area (Å²) in [4.78, 5) is 11.5. The van der Waals surface area contributed by atoms with E-state index < -0.39 is 17.9 Å². The second kappa shape index (κ2) is 5.60. The van der Waals surface area contributed by atoms with Gasteiger partial charge in [-0.2, -0.15) is 0 Å². The largest absolute Gasteiger partial charge is 0.573 e. The molecule has 0 amide bonds. The van der Waals surface area contributed by atoms with E-state index in [9.17, 15) is 18.0 Å². The number of ether oxygens (including phenoxy) is 1. The summed E-state index contributed by atoms with van der Waals surface area (Å²) in [6, 6.07) is 3.61. The fourth-order valence-electron chi connectivity index (χ4n) is 1.15. The van der Waals surface area contributed by atoms with E-state index in [0.29, 0.717) is 0 Å². The number of rotatable bonds is 4. The smallest absolute Gasteiger partial charge is 0.404 e. The number of ketones is 1. The lowest BCUT2D eigenvalue weighted by Gasteiger charge is -2.12. The molecule has 0 saturated carbocycles. The van der Waals surface area contributed by atoms with Gasteiger partial charge in [0.05, 0.1) is 5.02 Å². The Morgan fingerprint density at radius 3 is 2.53 bits per heavy atom. The SMILES string of the molecule is O=C(CCCl)c1cccc(OC(F)(F)F)c1Cl. The van der Waals surface area contributed by atoms with Crippen molar-refractivity contribution in [2.75, 3.05) is 5.88 Å². The Kier molecular flexibility index (Phi) is 4.65. The Morgan fingerprint density at radius 2 is 2.00 bits per heavy atom. The molecule has 0 radical (unpaired) electrons. The van der Waals surface area contributed by atoms with Crippen molar-refractivity contribution >= 4 is 29.0 Å². The number of carbonyl (C=O) groups excluding carboxylic acids is 1. The molecule has 0 atom stereocenters. The Balaban J connectivity index is 3.03. The van der Waals surface area contributed by atoms with E-state index in [2.05, 4.69) is 4.74 Å². The molecule has 17 heavy (non-hydrogen) atoms. The fourth-order valence-corrected chi connectivity index (χ4v) is 1.59. The summed E-state index contributed by atoms with van der Waals surface area (Å²) in [5.74, 6) is -0.961. The van der Waals surface area contributed by atoms with Crippen molar-refractivity contribution in [1.29, 1.82) is 0 Å². The maximum atomic E-state index is 12.0. The van der Waals surface area contributed by atoms with Crippen LogP contribution in [-0.2, 0) is 0 Å². The number of carbonyl (C=O) groups is 1. The van der Waals surface area contributed by atoms with Crippen LogP contribution in [0.4, 0.5) is 13.2 Å². The lowest BCUT2D eigenvalue weighted by atomic mass is 10.1. The van der Waals surface area contributed by atoms with Gasteiger partial charge in [0.15, 0.2) is 5.78 Å². The number of hydrogen-bond acceptors (Lipinski definition) is 2. The summed E-state index contributed by atoms with van der Waals surface area (Å²) in [6.07, 6.45) is -4.85. The van der Waals surface area contributed by atoms with Gasteiger partial charge in [-0.3, -0.25) is 4.79 Å². The van der Waals surface area contributed by atoms with Gasteiger partial charge < -0.3 is 4.74 Å². The first kappa shape index (κ1) is 14.1. The monoisotopic (exact) mass is 286 g/mol. The first-order valence-corrected chi connectivity index (χ1v) is 5.40. The van der Waals surface area contributed by atoms with Crippen molar-refractivity contribution in [2.24, 2.45) is 0 Å². The maximum absolute atomic E-state index is 12.0. The van der Waals surface area contributed by atoms with Crippen molar-refractivity contribution in [2.45, 2.75) is 12.8 Å². The number of hydrogen-bond donors (Lipinski definition) is 0. The first-order valence-electron chi connectivity index (χ1n) is 4.48. The first-order chi connectivity index (χ1) is 7.85. The highest BCUT2D eigenvalue weighted by atomic mass is 35.5. The number of alkyl halides is 4. The van der Waals surface area contributed by atoms with E-state index in [0.717, 1.165) is 6.07 Å². The molecule has 2 nitrogen and oxygen atoms in total. The Labute approximate surface area is 105 Å². The third-order valence-corrected chi connectivity index (χ3v) is 2.39. The predicted octanol–water partition coefficient (Wildman–Crippen LogP) is 4.05. The van der Waals surface area contributed by atoms with Crippen LogP contribution in [0.3, 0.4) is 0 Å². The highest BCUT2D eigenvalue weighted by Crippen LogP contribution is 2.33. The zero-order chi connectivity index (χ0) is 13.1. The molecule has 0 aliphatic rings. The van der Waals surface area contributed by atoms with Gasteiger partial charge in [-0.1, -0.05) is 17.7 Å². The van der Waals surface area contributed by atoms with Crippen LogP contribution in [0.15, 0.2) is 18.2 Å². The molecule has 1 rings (SSSR count). The average Bonchev–Trinajstić information content (AvgIpc) is 2.19. The molecule has 0 aromatic heterocycles. The minimum atomic E-state index is -4.85. The van der Waals surface area contributed by atoms with Crippen molar-refractivity contribution in [1.82, 2.24) is 0 Å². The molecule has 0 saturated heterocycles. The summed E-state index contributed by atoms with van der Waals surface area (Å²) in [7, 11) is 0. The van der Waals surface area contributed by atoms with Gasteiger partial charge in [-0.15, -0.1) is 24.8 Å². The molecular formula is C10H7Cl2F3O2. The van der Waals surface area contributed by atoms with E-state index >= 15 is 0 Å². The molecule has 0 aliphatic carbocycles. The van der Waals surface area contributed by atoms with Crippen LogP contribution >= 0.6 is 23.2 Å². The van der Waals surface area contributed by atoms with E-state index in [1.54, 1.807) is 0 Å². The van der Waals surface area contributed by atoms with E-state index in [4.69, 9.17) is 23.2 Å². The molecule has 7 heteroatoms. The summed E-state index contributed by atoms with van der Waals surface area (Å²) >= 11 is 11.0. The number of Topliss-reactive ketones (excluding diaryl/α,β-unsaturated/α-hetero) is 1. The van der Waals surface area contributed by atoms with E-state index in [1.807, 2.05) is 0 Å². The fraction of sp³-hybridized carbons (Fsp3) is 0.300. The topological polar surface area (TPSA) is 26.3 Å². The molecule has 0 fully saturated rings. The van der Waals surface area contributed by atoms with E-state index in [-0.39, 0.29) is 22.9 Å². The van der Waals surface area contributed by atoms with Crippen molar-refractivity contribution in [3.63, 3.8) is 0 Å². The molecule has 0 unspecified atom stereocenters. The van der Waals surface area contributed by atoms with Crippen molar-refractivity contribution in [3.8, 4) is 5.75 Å². The molecular weight excluding hydrogens is 280 g/mol. The Morgan fingerprint density at radius 1 is 1.35 bits per heavy atom. The van der Waals surface area contributed by atoms with Crippen LogP contribution < -0.4 is 4.74 Å². The van der Waals surface area contributed by atoms with Gasteiger partial charge >= 0.3 is 6.36 Å². The van der Waals surface area contributed by atoms with Crippen molar-refractivity contribution < 1.29 is 22.7 Å². The molecule has 1 aromatic rings. The number of benzene rings is 1. The average molecular weight is 287 g/mol. The third-order valence-electron chi connectivity index (χ3n) is 1.81. The Bertz CT molecular complexity index is 419. The second-order valence-corrected chi connectivity index (χ2v) is 3.78. The molecule has 0 heterocycles. The highest BCUT2D eigenvalue weighted by molar-refractivity contribution is 6.35. The lowest BCUT2D eigenvalue weighted by molar-refractivity contribution is -0.274. The zero-order valence-electron chi connectivity index (χ0n) is 8.35. The molecule has 1 aromatic carbocycles. The normalized spacial score (nSPS) is 11.4. The lowest BCUT2D eigenvalue weighted by Crippen LogP contribution is -2.17. The van der Waals surface area contributed by atoms with Gasteiger partial charge in [-0.25, -0.2) is 0 Å². The molecule has 0 N–H and O–H groups in total. The van der Waals surface area contributed by atoms with Crippen LogP contribution in [0.25, 0.3) is 0 Å². The van der Waals surface area contributed by atoms with Gasteiger partial charge in [0, 0.05) is 17.9 Å². The highest BCUT2D eigenvalue weighted by Gasteiger charge is 2.32. The van der Waals surface area contributed by atoms with E-state index in [1.165, 1.54) is 12.1 Å². The van der Waals surface area contributed by atoms with Gasteiger partial charge in [0.1, 0.15) is 5.75 Å². The van der Waals surface area contributed by atoms with Crippen LogP contribution in [0, 0.1) is 0 Å². The van der Waals surface area contributed by atoms with Gasteiger partial charge in [0.25, 0.3) is 0 Å². The zero-order valence-corrected chi connectivity index (χ0v) is 9.86. The van der Waals surface area contributed by atoms with Gasteiger partial charge in [-0.05, 0) is 12.1 Å². The summed E-state index contributed by atoms with van der Waals surface area (Å²) in [5.41, 5.74) is -0.0333. The van der Waals surface area contributed by atoms with Gasteiger partial charge in [0.2, 0.25) is 0 Å². The predicted molar refractivity (Wildman–Crippen MR) is 57.8 cm³/mol. The quantitative estimate of drug-likeness (QED) is 0.617. The molecule has 94 valence electrons. The molecule has 0 spiro atoms. The molecule has 0 aliphatic heterocycles. The maximum Gasteiger partial charge on any atom is 0.573 e. The van der Waals surface area contributed by atoms with Crippen molar-refractivity contribution in [3.05, 3.63) is 28.8 Å². The number of halogens is 5. The Hall–Kier alpha value is -0.940.